The first-order chi connectivity index (χ1) is 8.67. The fraction of sp³-hybridized carbons (Fsp3) is 0.647. The van der Waals surface area contributed by atoms with Gasteiger partial charge in [0, 0.05) is 6.04 Å². The minimum Gasteiger partial charge on any atom is -0.310 e. The molecular weight excluding hydrogens is 218 g/mol. The molecule has 1 aromatic rings. The molecule has 1 rings (SSSR count). The van der Waals surface area contributed by atoms with Crippen LogP contribution >= 0.6 is 0 Å². The maximum Gasteiger partial charge on any atom is 0.0320 e. The predicted octanol–water partition coefficient (Wildman–Crippen LogP) is 4.73. The molecule has 1 unspecified atom stereocenters. The van der Waals surface area contributed by atoms with E-state index in [4.69, 9.17) is 0 Å². The maximum absolute atomic E-state index is 3.67. The van der Waals surface area contributed by atoms with Crippen molar-refractivity contribution in [3.63, 3.8) is 0 Å². The van der Waals surface area contributed by atoms with Crippen LogP contribution in [0.5, 0.6) is 0 Å². The third-order valence-corrected chi connectivity index (χ3v) is 3.22. The second-order valence-electron chi connectivity index (χ2n) is 5.64. The van der Waals surface area contributed by atoms with Crippen LogP contribution in [0.25, 0.3) is 0 Å². The summed E-state index contributed by atoms with van der Waals surface area (Å²) in [7, 11) is 0. The van der Waals surface area contributed by atoms with E-state index in [2.05, 4.69) is 57.3 Å². The molecular formula is C17H29N. The lowest BCUT2D eigenvalue weighted by molar-refractivity contribution is 0.493. The third kappa shape index (κ3) is 5.22. The van der Waals surface area contributed by atoms with Crippen molar-refractivity contribution in [1.82, 2.24) is 5.32 Å². The van der Waals surface area contributed by atoms with E-state index >= 15 is 0 Å². The van der Waals surface area contributed by atoms with Crippen molar-refractivity contribution in [3.05, 3.63) is 35.4 Å². The molecule has 0 radical (unpaired) electrons. The van der Waals surface area contributed by atoms with Crippen molar-refractivity contribution in [2.45, 2.75) is 59.4 Å². The van der Waals surface area contributed by atoms with Gasteiger partial charge in [0.05, 0.1) is 0 Å². The highest BCUT2D eigenvalue weighted by molar-refractivity contribution is 5.26. The molecule has 1 aromatic carbocycles. The van der Waals surface area contributed by atoms with E-state index in [-0.39, 0.29) is 0 Å². The Balaban J connectivity index is 2.76. The van der Waals surface area contributed by atoms with Crippen molar-refractivity contribution in [2.75, 3.05) is 6.54 Å². The zero-order valence-corrected chi connectivity index (χ0v) is 12.5. The number of hydrogen-bond donors (Lipinski definition) is 1. The van der Waals surface area contributed by atoms with Crippen LogP contribution in [-0.2, 0) is 6.42 Å². The molecule has 0 aliphatic rings. The van der Waals surface area contributed by atoms with Gasteiger partial charge in [0.2, 0.25) is 0 Å². The maximum atomic E-state index is 3.67. The minimum atomic E-state index is 0.530. The molecule has 1 nitrogen and oxygen atoms in total. The van der Waals surface area contributed by atoms with Gasteiger partial charge in [-0.3, -0.25) is 0 Å². The molecule has 0 fully saturated rings. The first-order valence-corrected chi connectivity index (χ1v) is 7.49. The Bertz CT molecular complexity index is 330. The van der Waals surface area contributed by atoms with Gasteiger partial charge in [0.1, 0.15) is 0 Å². The number of benzene rings is 1. The zero-order valence-electron chi connectivity index (χ0n) is 12.5. The highest BCUT2D eigenvalue weighted by Gasteiger charge is 2.10. The molecule has 18 heavy (non-hydrogen) atoms. The van der Waals surface area contributed by atoms with Crippen molar-refractivity contribution < 1.29 is 0 Å². The molecule has 0 saturated heterocycles. The Hall–Kier alpha value is -0.820. The van der Waals surface area contributed by atoms with Crippen LogP contribution in [0.15, 0.2) is 24.3 Å². The summed E-state index contributed by atoms with van der Waals surface area (Å²) in [4.78, 5) is 0. The van der Waals surface area contributed by atoms with Gasteiger partial charge in [-0.15, -0.1) is 0 Å². The monoisotopic (exact) mass is 247 g/mol. The molecule has 0 aromatic heterocycles. The van der Waals surface area contributed by atoms with Gasteiger partial charge >= 0.3 is 0 Å². The van der Waals surface area contributed by atoms with Gasteiger partial charge in [-0.25, -0.2) is 0 Å². The summed E-state index contributed by atoms with van der Waals surface area (Å²) in [5.74, 6) is 0.730. The molecule has 0 heterocycles. The normalized spacial score (nSPS) is 12.9. The highest BCUT2D eigenvalue weighted by atomic mass is 14.9. The van der Waals surface area contributed by atoms with Crippen LogP contribution in [0, 0.1) is 5.92 Å². The smallest absolute Gasteiger partial charge is 0.0320 e. The first-order valence-electron chi connectivity index (χ1n) is 7.49. The van der Waals surface area contributed by atoms with Crippen LogP contribution in [0.1, 0.15) is 64.1 Å². The van der Waals surface area contributed by atoms with Crippen LogP contribution in [0.4, 0.5) is 0 Å². The van der Waals surface area contributed by atoms with Gasteiger partial charge in [-0.05, 0) is 42.9 Å². The SMILES string of the molecule is CCCNC(CCC)c1cccc(CC(C)C)c1. The van der Waals surface area contributed by atoms with Gasteiger partial charge in [-0.1, -0.05) is 58.4 Å². The predicted molar refractivity (Wildman–Crippen MR) is 80.9 cm³/mol. The van der Waals surface area contributed by atoms with Crippen LogP contribution < -0.4 is 5.32 Å². The lowest BCUT2D eigenvalue weighted by Gasteiger charge is -2.19. The van der Waals surface area contributed by atoms with E-state index in [1.807, 2.05) is 0 Å². The zero-order chi connectivity index (χ0) is 13.4. The average molecular weight is 247 g/mol. The molecule has 0 saturated carbocycles. The highest BCUT2D eigenvalue weighted by Crippen LogP contribution is 2.21. The summed E-state index contributed by atoms with van der Waals surface area (Å²) in [5.41, 5.74) is 2.94. The second kappa shape index (κ2) is 8.31. The number of rotatable bonds is 8. The van der Waals surface area contributed by atoms with Crippen molar-refractivity contribution in [1.29, 1.82) is 0 Å². The first kappa shape index (κ1) is 15.2. The van der Waals surface area contributed by atoms with Crippen LogP contribution in [0.3, 0.4) is 0 Å². The molecule has 1 atom stereocenters. The Labute approximate surface area is 113 Å². The van der Waals surface area contributed by atoms with Gasteiger partial charge in [0.25, 0.3) is 0 Å². The summed E-state index contributed by atoms with van der Waals surface area (Å²) in [5, 5.41) is 3.67. The van der Waals surface area contributed by atoms with Crippen LogP contribution in [0.2, 0.25) is 0 Å². The van der Waals surface area contributed by atoms with Crippen LogP contribution in [-0.4, -0.2) is 6.54 Å². The van der Waals surface area contributed by atoms with E-state index < -0.39 is 0 Å². The van der Waals surface area contributed by atoms with E-state index in [1.54, 1.807) is 0 Å². The summed E-state index contributed by atoms with van der Waals surface area (Å²) >= 11 is 0. The van der Waals surface area contributed by atoms with Gasteiger partial charge < -0.3 is 5.32 Å². The van der Waals surface area contributed by atoms with Crippen molar-refractivity contribution >= 4 is 0 Å². The molecule has 102 valence electrons. The minimum absolute atomic E-state index is 0.530. The van der Waals surface area contributed by atoms with E-state index in [1.165, 1.54) is 36.8 Å². The largest absolute Gasteiger partial charge is 0.310 e. The Morgan fingerprint density at radius 2 is 1.89 bits per heavy atom. The lowest BCUT2D eigenvalue weighted by atomic mass is 9.96. The number of nitrogens with one attached hydrogen (secondary N) is 1. The molecule has 0 amide bonds. The Morgan fingerprint density at radius 3 is 2.50 bits per heavy atom. The van der Waals surface area contributed by atoms with E-state index in [0.29, 0.717) is 6.04 Å². The summed E-state index contributed by atoms with van der Waals surface area (Å²) < 4.78 is 0. The average Bonchev–Trinajstić information content (AvgIpc) is 2.34. The molecule has 1 N–H and O–H groups in total. The topological polar surface area (TPSA) is 12.0 Å². The summed E-state index contributed by atoms with van der Waals surface area (Å²) in [6, 6.07) is 9.66. The van der Waals surface area contributed by atoms with Crippen molar-refractivity contribution in [3.8, 4) is 0 Å². The van der Waals surface area contributed by atoms with Gasteiger partial charge in [-0.2, -0.15) is 0 Å². The standard InChI is InChI=1S/C17H29N/c1-5-8-17(18-11-6-2)16-10-7-9-15(13-16)12-14(3)4/h7,9-10,13-14,17-18H,5-6,8,11-12H2,1-4H3. The fourth-order valence-corrected chi connectivity index (χ4v) is 2.40. The Morgan fingerprint density at radius 1 is 1.11 bits per heavy atom. The summed E-state index contributed by atoms with van der Waals surface area (Å²) in [6.07, 6.45) is 4.84. The number of hydrogen-bond acceptors (Lipinski definition) is 1. The fourth-order valence-electron chi connectivity index (χ4n) is 2.40. The molecule has 0 bridgehead atoms. The quantitative estimate of drug-likeness (QED) is 0.700. The summed E-state index contributed by atoms with van der Waals surface area (Å²) in [6.45, 7) is 10.2. The molecule has 0 aliphatic heterocycles. The molecule has 0 spiro atoms. The van der Waals surface area contributed by atoms with Gasteiger partial charge in [0.15, 0.2) is 0 Å². The molecule has 1 heteroatoms. The third-order valence-electron chi connectivity index (χ3n) is 3.22. The lowest BCUT2D eigenvalue weighted by Crippen LogP contribution is -2.22. The van der Waals surface area contributed by atoms with E-state index in [9.17, 15) is 0 Å². The Kier molecular flexibility index (Phi) is 7.04. The van der Waals surface area contributed by atoms with Crippen molar-refractivity contribution in [2.24, 2.45) is 5.92 Å². The van der Waals surface area contributed by atoms with E-state index in [0.717, 1.165) is 12.5 Å². The molecule has 0 aliphatic carbocycles. The second-order valence-corrected chi connectivity index (χ2v) is 5.64.